The van der Waals surface area contributed by atoms with Crippen LogP contribution < -0.4 is 40.2 Å². The van der Waals surface area contributed by atoms with Crippen molar-refractivity contribution in [2.75, 3.05) is 40.3 Å². The van der Waals surface area contributed by atoms with Crippen LogP contribution in [-0.4, -0.2) is 88.3 Å². The molecule has 8 bridgehead atoms. The van der Waals surface area contributed by atoms with Crippen LogP contribution >= 0.6 is 0 Å². The normalized spacial score (nSPS) is 28.1. The SMILES string of the molecule is O=C1NCc2c3c(c(c4c2OCO4)CNC(=O)c2cccc(c2)C(=O)NC[C@H]2[C@H]4OCO[C@H]4[C@@H](CNC(=O)c4cccc1c4)[C@H]1OCO[C@@H]21)OCO3. The van der Waals surface area contributed by atoms with Gasteiger partial charge in [0.2, 0.25) is 13.6 Å². The first-order valence-corrected chi connectivity index (χ1v) is 17.0. The maximum atomic E-state index is 13.4. The zero-order valence-electron chi connectivity index (χ0n) is 27.6. The third-order valence-electron chi connectivity index (χ3n) is 10.3. The fourth-order valence-corrected chi connectivity index (χ4v) is 7.83. The number of fused-ring (bicyclic) bond motifs is 10. The highest BCUT2D eigenvalue weighted by Gasteiger charge is 2.57. The zero-order valence-corrected chi connectivity index (χ0v) is 27.6. The Bertz CT molecular complexity index is 1780. The first kappa shape index (κ1) is 32.5. The molecule has 4 N–H and O–H groups in total. The minimum atomic E-state index is -0.437. The summed E-state index contributed by atoms with van der Waals surface area (Å²) in [6.45, 7) is 0.278. The van der Waals surface area contributed by atoms with Gasteiger partial charge < -0.3 is 59.2 Å². The van der Waals surface area contributed by atoms with Crippen LogP contribution in [0.4, 0.5) is 0 Å². The van der Waals surface area contributed by atoms with E-state index in [-0.39, 0.29) is 99.3 Å². The molecule has 16 nitrogen and oxygen atoms in total. The number of nitrogens with one attached hydrogen (secondary N) is 4. The summed E-state index contributed by atoms with van der Waals surface area (Å²) in [7, 11) is 0. The summed E-state index contributed by atoms with van der Waals surface area (Å²) in [4.78, 5) is 53.7. The largest absolute Gasteiger partial charge is 0.453 e. The molecule has 1 saturated carbocycles. The summed E-state index contributed by atoms with van der Waals surface area (Å²) in [6, 6.07) is 12.8. The molecule has 270 valence electrons. The molecule has 0 unspecified atom stereocenters. The van der Waals surface area contributed by atoms with Gasteiger partial charge in [-0.05, 0) is 36.4 Å². The van der Waals surface area contributed by atoms with Crippen LogP contribution in [0.2, 0.25) is 0 Å². The molecule has 16 heteroatoms. The van der Waals surface area contributed by atoms with Crippen molar-refractivity contribution in [1.82, 2.24) is 21.3 Å². The lowest BCUT2D eigenvalue weighted by molar-refractivity contribution is -0.0824. The molecular formula is C36H34N4O12. The molecule has 5 heterocycles. The zero-order chi connectivity index (χ0) is 35.3. The molecule has 1 aliphatic carbocycles. The van der Waals surface area contributed by atoms with E-state index in [0.717, 1.165) is 0 Å². The molecule has 52 heavy (non-hydrogen) atoms. The maximum absolute atomic E-state index is 13.4. The van der Waals surface area contributed by atoms with E-state index in [4.69, 9.17) is 37.9 Å². The smallest absolute Gasteiger partial charge is 0.251 e. The lowest BCUT2D eigenvalue weighted by atomic mass is 9.73. The van der Waals surface area contributed by atoms with Crippen molar-refractivity contribution in [3.8, 4) is 23.0 Å². The third-order valence-corrected chi connectivity index (χ3v) is 10.3. The Balaban J connectivity index is 1.05. The van der Waals surface area contributed by atoms with Crippen LogP contribution in [-0.2, 0) is 32.0 Å². The Morgan fingerprint density at radius 3 is 1.12 bits per heavy atom. The van der Waals surface area contributed by atoms with Crippen molar-refractivity contribution < 1.29 is 57.1 Å². The van der Waals surface area contributed by atoms with Gasteiger partial charge in [-0.25, -0.2) is 0 Å². The number of hydrogen-bond acceptors (Lipinski definition) is 12. The van der Waals surface area contributed by atoms with Crippen molar-refractivity contribution in [3.63, 3.8) is 0 Å². The molecule has 4 amide bonds. The van der Waals surface area contributed by atoms with E-state index in [1.807, 2.05) is 0 Å². The average Bonchev–Trinajstić information content (AvgIpc) is 4.01. The molecule has 6 aliphatic rings. The molecule has 0 aromatic heterocycles. The highest BCUT2D eigenvalue weighted by molar-refractivity contribution is 6.00. The van der Waals surface area contributed by atoms with E-state index in [2.05, 4.69) is 21.3 Å². The van der Waals surface area contributed by atoms with Crippen LogP contribution in [0, 0.1) is 11.8 Å². The first-order chi connectivity index (χ1) is 25.4. The fourth-order valence-electron chi connectivity index (χ4n) is 7.83. The molecule has 9 rings (SSSR count). The quantitative estimate of drug-likeness (QED) is 0.261. The molecule has 0 spiro atoms. The Labute approximate surface area is 296 Å². The van der Waals surface area contributed by atoms with Crippen molar-refractivity contribution in [2.24, 2.45) is 11.8 Å². The molecule has 6 atom stereocenters. The summed E-state index contributed by atoms with van der Waals surface area (Å²) < 4.78 is 47.3. The molecule has 3 aromatic rings. The first-order valence-electron chi connectivity index (χ1n) is 17.0. The lowest BCUT2D eigenvalue weighted by Crippen LogP contribution is -2.60. The van der Waals surface area contributed by atoms with Crippen LogP contribution in [0.1, 0.15) is 52.6 Å². The number of benzene rings is 3. The molecule has 3 fully saturated rings. The predicted octanol–water partition coefficient (Wildman–Crippen LogP) is 1.21. The van der Waals surface area contributed by atoms with E-state index in [1.165, 1.54) is 12.1 Å². The van der Waals surface area contributed by atoms with E-state index in [9.17, 15) is 19.2 Å². The van der Waals surface area contributed by atoms with Gasteiger partial charge in [-0.2, -0.15) is 0 Å². The van der Waals surface area contributed by atoms with Gasteiger partial charge in [0.15, 0.2) is 23.0 Å². The van der Waals surface area contributed by atoms with Gasteiger partial charge >= 0.3 is 0 Å². The monoisotopic (exact) mass is 714 g/mol. The number of carbonyl (C=O) groups excluding carboxylic acids is 4. The van der Waals surface area contributed by atoms with Crippen LogP contribution in [0.3, 0.4) is 0 Å². The van der Waals surface area contributed by atoms with Crippen LogP contribution in [0.5, 0.6) is 23.0 Å². The number of carbonyl (C=O) groups is 4. The number of rotatable bonds is 0. The molecule has 2 saturated heterocycles. The van der Waals surface area contributed by atoms with Crippen molar-refractivity contribution in [3.05, 3.63) is 81.9 Å². The third kappa shape index (κ3) is 5.63. The second-order valence-electron chi connectivity index (χ2n) is 13.1. The van der Waals surface area contributed by atoms with Gasteiger partial charge in [0, 0.05) is 47.2 Å². The average molecular weight is 715 g/mol. The van der Waals surface area contributed by atoms with Gasteiger partial charge in [-0.1, -0.05) is 12.1 Å². The Morgan fingerprint density at radius 1 is 0.442 bits per heavy atom. The van der Waals surface area contributed by atoms with E-state index in [1.54, 1.807) is 36.4 Å². The highest BCUT2D eigenvalue weighted by Crippen LogP contribution is 2.52. The summed E-state index contributed by atoms with van der Waals surface area (Å²) in [5, 5.41) is 11.7. The summed E-state index contributed by atoms with van der Waals surface area (Å²) in [5.41, 5.74) is 2.11. The summed E-state index contributed by atoms with van der Waals surface area (Å²) in [6.07, 6.45) is -1.75. The summed E-state index contributed by atoms with van der Waals surface area (Å²) in [5.74, 6) is -0.836. The van der Waals surface area contributed by atoms with Crippen LogP contribution in [0.15, 0.2) is 48.5 Å². The molecule has 5 aliphatic heterocycles. The van der Waals surface area contributed by atoms with E-state index in [0.29, 0.717) is 34.1 Å². The highest BCUT2D eigenvalue weighted by atomic mass is 16.7. The van der Waals surface area contributed by atoms with E-state index < -0.39 is 36.2 Å². The predicted molar refractivity (Wildman–Crippen MR) is 175 cm³/mol. The Morgan fingerprint density at radius 2 is 0.769 bits per heavy atom. The second-order valence-corrected chi connectivity index (χ2v) is 13.1. The fraction of sp³-hybridized carbons (Fsp3) is 0.389. The minimum Gasteiger partial charge on any atom is -0.453 e. The Hall–Kier alpha value is -5.42. The second kappa shape index (κ2) is 13.3. The molecule has 3 aromatic carbocycles. The number of hydrogen-bond donors (Lipinski definition) is 4. The maximum Gasteiger partial charge on any atom is 0.251 e. The van der Waals surface area contributed by atoms with Crippen molar-refractivity contribution >= 4 is 23.6 Å². The van der Waals surface area contributed by atoms with Gasteiger partial charge in [-0.3, -0.25) is 19.2 Å². The topological polar surface area (TPSA) is 190 Å². The van der Waals surface area contributed by atoms with Gasteiger partial charge in [-0.15, -0.1) is 0 Å². The minimum absolute atomic E-state index is 0.00787. The van der Waals surface area contributed by atoms with Gasteiger partial charge in [0.05, 0.1) is 48.6 Å². The lowest BCUT2D eigenvalue weighted by Gasteiger charge is -2.43. The summed E-state index contributed by atoms with van der Waals surface area (Å²) >= 11 is 0. The number of ether oxygens (including phenoxy) is 8. The van der Waals surface area contributed by atoms with Crippen LogP contribution in [0.25, 0.3) is 0 Å². The van der Waals surface area contributed by atoms with E-state index >= 15 is 0 Å². The van der Waals surface area contributed by atoms with Gasteiger partial charge in [0.25, 0.3) is 23.6 Å². The molecule has 0 radical (unpaired) electrons. The van der Waals surface area contributed by atoms with Crippen molar-refractivity contribution in [1.29, 1.82) is 0 Å². The number of amides is 4. The van der Waals surface area contributed by atoms with Crippen molar-refractivity contribution in [2.45, 2.75) is 37.5 Å². The Kier molecular flexibility index (Phi) is 8.30. The standard InChI is InChI=1S/C36H34N4O12/c41-33-17-3-1-4-18(7-17)34(42)38-10-22-27-31(51-15-47-27)24(32-28(22)48-16-52-32)12-40-36(44)20-6-2-5-19(8-20)35(43)39-11-23-29-25(45-13-49-29)21(9-37-33)26-30(23)50-14-46-26/h1-8,21,23,25-26,29-30H,9-16H2,(H,37,41)(H,38,42)(H,39,43)(H,40,44)/t21-,23+,25+,26-,29-,30+. The molecular weight excluding hydrogens is 680 g/mol. The van der Waals surface area contributed by atoms with Gasteiger partial charge in [0.1, 0.15) is 13.6 Å².